The third-order valence-electron chi connectivity index (χ3n) is 9.78. The molecule has 236 valence electrons. The SMILES string of the molecule is CC(C)N(CCCCc1nc2cc(Cl)c(C(F)(F)F)cc2[nH]1)C[C@H]1C[C@H]2C(n3ccc4c(NC5CC5)ncnc43)[C@]2(O)[C@@H]1O. The van der Waals surface area contributed by atoms with Gasteiger partial charge in [0.05, 0.1) is 39.2 Å². The summed E-state index contributed by atoms with van der Waals surface area (Å²) in [5.41, 5.74) is -0.534. The first-order valence-corrected chi connectivity index (χ1v) is 15.8. The van der Waals surface area contributed by atoms with Crippen molar-refractivity contribution in [1.29, 1.82) is 0 Å². The maximum absolute atomic E-state index is 13.2. The molecule has 9 nitrogen and oxygen atoms in total. The number of H-pyrrole nitrogens is 1. The largest absolute Gasteiger partial charge is 0.417 e. The third kappa shape index (κ3) is 5.23. The molecule has 7 rings (SSSR count). The number of aromatic nitrogens is 5. The first kappa shape index (κ1) is 29.8. The minimum absolute atomic E-state index is 0.0404. The van der Waals surface area contributed by atoms with E-state index in [2.05, 4.69) is 44.0 Å². The number of halogens is 4. The van der Waals surface area contributed by atoms with E-state index in [0.717, 1.165) is 61.6 Å². The predicted octanol–water partition coefficient (Wildman–Crippen LogP) is 5.57. The zero-order valence-corrected chi connectivity index (χ0v) is 25.4. The molecule has 3 fully saturated rings. The van der Waals surface area contributed by atoms with Crippen LogP contribution in [0.25, 0.3) is 22.1 Å². The van der Waals surface area contributed by atoms with Crippen LogP contribution in [0.15, 0.2) is 30.7 Å². The Bertz CT molecular complexity index is 1690. The molecular weight excluding hydrogens is 595 g/mol. The van der Waals surface area contributed by atoms with E-state index >= 15 is 0 Å². The molecule has 3 aliphatic carbocycles. The van der Waals surface area contributed by atoms with Gasteiger partial charge in [-0.05, 0) is 70.7 Å². The summed E-state index contributed by atoms with van der Waals surface area (Å²) in [7, 11) is 0. The number of nitrogens with zero attached hydrogens (tertiary/aromatic N) is 5. The number of alkyl halides is 3. The average molecular weight is 632 g/mol. The van der Waals surface area contributed by atoms with E-state index in [1.807, 2.05) is 16.8 Å². The van der Waals surface area contributed by atoms with E-state index in [1.54, 1.807) is 6.33 Å². The molecule has 0 spiro atoms. The van der Waals surface area contributed by atoms with Gasteiger partial charge in [-0.2, -0.15) is 13.2 Å². The number of fused-ring (bicyclic) bond motifs is 3. The Morgan fingerprint density at radius 1 is 1.23 bits per heavy atom. The fourth-order valence-corrected chi connectivity index (χ4v) is 7.47. The molecule has 3 heterocycles. The number of rotatable bonds is 11. The average Bonchev–Trinajstić information content (AvgIpc) is 3.72. The van der Waals surface area contributed by atoms with Crippen molar-refractivity contribution in [2.24, 2.45) is 11.8 Å². The Morgan fingerprint density at radius 2 is 2.02 bits per heavy atom. The van der Waals surface area contributed by atoms with Crippen LogP contribution in [-0.2, 0) is 12.6 Å². The van der Waals surface area contributed by atoms with Crippen LogP contribution in [0.5, 0.6) is 0 Å². The quantitative estimate of drug-likeness (QED) is 0.160. The zero-order valence-electron chi connectivity index (χ0n) is 24.7. The molecule has 3 aliphatic rings. The van der Waals surface area contributed by atoms with Crippen molar-refractivity contribution in [3.8, 4) is 0 Å². The first-order valence-electron chi connectivity index (χ1n) is 15.4. The van der Waals surface area contributed by atoms with E-state index in [4.69, 9.17) is 11.6 Å². The second-order valence-electron chi connectivity index (χ2n) is 13.1. The van der Waals surface area contributed by atoms with Crippen molar-refractivity contribution in [3.05, 3.63) is 47.1 Å². The van der Waals surface area contributed by atoms with Crippen LogP contribution < -0.4 is 5.32 Å². The van der Waals surface area contributed by atoms with Crippen molar-refractivity contribution in [1.82, 2.24) is 29.4 Å². The summed E-state index contributed by atoms with van der Waals surface area (Å²) in [6, 6.07) is 4.76. The first-order chi connectivity index (χ1) is 20.9. The number of aliphatic hydroxyl groups excluding tert-OH is 1. The number of anilines is 1. The van der Waals surface area contributed by atoms with Gasteiger partial charge in [0.25, 0.3) is 0 Å². The molecule has 0 bridgehead atoms. The number of nitrogens with one attached hydrogen (secondary N) is 2. The van der Waals surface area contributed by atoms with E-state index in [0.29, 0.717) is 35.9 Å². The van der Waals surface area contributed by atoms with Gasteiger partial charge in [-0.3, -0.25) is 0 Å². The maximum atomic E-state index is 13.2. The van der Waals surface area contributed by atoms with Gasteiger partial charge in [-0.15, -0.1) is 0 Å². The lowest BCUT2D eigenvalue weighted by molar-refractivity contribution is -0.137. The van der Waals surface area contributed by atoms with Gasteiger partial charge < -0.3 is 30.0 Å². The summed E-state index contributed by atoms with van der Waals surface area (Å²) in [5.74, 6) is 1.36. The predicted molar refractivity (Wildman–Crippen MR) is 162 cm³/mol. The molecule has 44 heavy (non-hydrogen) atoms. The molecule has 0 radical (unpaired) electrons. The normalized spacial score (nSPS) is 26.8. The number of aliphatic hydroxyl groups is 2. The number of aromatic amines is 1. The minimum Gasteiger partial charge on any atom is -0.390 e. The zero-order chi connectivity index (χ0) is 31.0. The minimum atomic E-state index is -4.52. The lowest BCUT2D eigenvalue weighted by atomic mass is 9.96. The molecule has 4 aromatic rings. The van der Waals surface area contributed by atoms with Crippen molar-refractivity contribution in [2.75, 3.05) is 18.4 Å². The fourth-order valence-electron chi connectivity index (χ4n) is 7.20. The highest BCUT2D eigenvalue weighted by Gasteiger charge is 2.75. The van der Waals surface area contributed by atoms with Gasteiger partial charge >= 0.3 is 6.18 Å². The Hall–Kier alpha value is -2.93. The Morgan fingerprint density at radius 3 is 2.70 bits per heavy atom. The van der Waals surface area contributed by atoms with Crippen molar-refractivity contribution >= 4 is 39.5 Å². The lowest BCUT2D eigenvalue weighted by Crippen LogP contribution is -2.43. The van der Waals surface area contributed by atoms with Crippen molar-refractivity contribution in [2.45, 2.75) is 88.4 Å². The Kier molecular flexibility index (Phi) is 7.34. The number of unbranched alkanes of at least 4 members (excludes halogenated alkanes) is 1. The summed E-state index contributed by atoms with van der Waals surface area (Å²) >= 11 is 5.85. The molecule has 3 saturated carbocycles. The van der Waals surface area contributed by atoms with Gasteiger partial charge in [0.1, 0.15) is 29.2 Å². The smallest absolute Gasteiger partial charge is 0.390 e. The fraction of sp³-hybridized carbons (Fsp3) is 0.581. The highest BCUT2D eigenvalue weighted by Crippen LogP contribution is 2.66. The molecule has 13 heteroatoms. The number of benzene rings is 1. The van der Waals surface area contributed by atoms with Crippen LogP contribution in [0, 0.1) is 11.8 Å². The molecule has 4 N–H and O–H groups in total. The summed E-state index contributed by atoms with van der Waals surface area (Å²) in [5, 5.41) is 27.0. The second kappa shape index (κ2) is 10.9. The van der Waals surface area contributed by atoms with Gasteiger partial charge in [-0.1, -0.05) is 11.6 Å². The van der Waals surface area contributed by atoms with Gasteiger partial charge in [-0.25, -0.2) is 15.0 Å². The number of hydrogen-bond acceptors (Lipinski definition) is 7. The van der Waals surface area contributed by atoms with E-state index in [1.165, 1.54) is 6.07 Å². The van der Waals surface area contributed by atoms with Crippen LogP contribution in [0.1, 0.15) is 63.4 Å². The van der Waals surface area contributed by atoms with E-state index < -0.39 is 23.4 Å². The second-order valence-corrected chi connectivity index (χ2v) is 13.5. The Balaban J connectivity index is 0.950. The Labute approximate surface area is 257 Å². The van der Waals surface area contributed by atoms with Crippen LogP contribution in [0.4, 0.5) is 19.0 Å². The van der Waals surface area contributed by atoms with Gasteiger partial charge in [0, 0.05) is 43.1 Å². The standard InChI is InChI=1S/C31H37ClF3N7O2/c1-16(2)41(9-4-3-5-25-39-23-12-20(31(33,34)35)22(32)13-24(23)40-25)14-17-11-21-26(30(21,44)27(17)43)42-10-8-19-28(38-18-6-7-18)36-15-37-29(19)42/h8,10,12-13,15-18,21,26-27,43-44H,3-7,9,11,14H2,1-2H3,(H,39,40)(H,36,37,38)/t17-,21+,26?,27-,30+/m1/s1. The molecule has 0 saturated heterocycles. The number of imidazole rings is 1. The van der Waals surface area contributed by atoms with Crippen molar-refractivity contribution < 1.29 is 23.4 Å². The maximum Gasteiger partial charge on any atom is 0.417 e. The molecule has 1 aromatic carbocycles. The molecule has 5 atom stereocenters. The monoisotopic (exact) mass is 631 g/mol. The number of aryl methyl sites for hydroxylation is 1. The lowest BCUT2D eigenvalue weighted by Gasteiger charge is -2.32. The van der Waals surface area contributed by atoms with Gasteiger partial charge in [0.2, 0.25) is 0 Å². The van der Waals surface area contributed by atoms with Crippen LogP contribution in [-0.4, -0.2) is 76.5 Å². The summed E-state index contributed by atoms with van der Waals surface area (Å²) < 4.78 is 41.7. The van der Waals surface area contributed by atoms with Crippen LogP contribution in [0.3, 0.4) is 0 Å². The van der Waals surface area contributed by atoms with Crippen LogP contribution >= 0.6 is 11.6 Å². The van der Waals surface area contributed by atoms with E-state index in [9.17, 15) is 23.4 Å². The highest BCUT2D eigenvalue weighted by atomic mass is 35.5. The summed E-state index contributed by atoms with van der Waals surface area (Å²) in [6.07, 6.45) is 3.40. The van der Waals surface area contributed by atoms with Crippen LogP contribution in [0.2, 0.25) is 5.02 Å². The van der Waals surface area contributed by atoms with E-state index in [-0.39, 0.29) is 28.9 Å². The molecule has 0 amide bonds. The molecule has 0 aliphatic heterocycles. The molecule has 3 aromatic heterocycles. The molecule has 1 unspecified atom stereocenters. The van der Waals surface area contributed by atoms with Gasteiger partial charge in [0.15, 0.2) is 0 Å². The highest BCUT2D eigenvalue weighted by molar-refractivity contribution is 6.32. The van der Waals surface area contributed by atoms with Crippen molar-refractivity contribution in [3.63, 3.8) is 0 Å². The number of hydrogen-bond donors (Lipinski definition) is 4. The third-order valence-corrected chi connectivity index (χ3v) is 10.1. The molecular formula is C31H37ClF3N7O2. The topological polar surface area (TPSA) is 115 Å². The summed E-state index contributed by atoms with van der Waals surface area (Å²) in [6.45, 7) is 5.73. The summed E-state index contributed by atoms with van der Waals surface area (Å²) in [4.78, 5) is 18.7.